The minimum atomic E-state index is -0.366. The second-order valence-electron chi connectivity index (χ2n) is 6.75. The van der Waals surface area contributed by atoms with Gasteiger partial charge in [-0.1, -0.05) is 53.7 Å². The van der Waals surface area contributed by atoms with Crippen LogP contribution < -0.4 is 5.32 Å². The second-order valence-corrected chi connectivity index (χ2v) is 8.26. The van der Waals surface area contributed by atoms with E-state index in [4.69, 9.17) is 11.6 Å². The fraction of sp³-hybridized carbons (Fsp3) is 0.286. The van der Waals surface area contributed by atoms with E-state index in [1.807, 2.05) is 59.2 Å². The van der Waals surface area contributed by atoms with Gasteiger partial charge in [0.25, 0.3) is 0 Å². The Hall–Kier alpha value is -2.31. The van der Waals surface area contributed by atoms with Gasteiger partial charge in [-0.05, 0) is 49.6 Å². The fourth-order valence-electron chi connectivity index (χ4n) is 2.98. The number of amides is 1. The average molecular weight is 413 g/mol. The van der Waals surface area contributed by atoms with Crippen molar-refractivity contribution in [2.24, 2.45) is 0 Å². The smallest absolute Gasteiger partial charge is 0.238 e. The van der Waals surface area contributed by atoms with Crippen LogP contribution >= 0.6 is 23.4 Å². The van der Waals surface area contributed by atoms with Crippen molar-refractivity contribution in [2.45, 2.75) is 42.8 Å². The zero-order valence-corrected chi connectivity index (χ0v) is 17.1. The summed E-state index contributed by atoms with van der Waals surface area (Å²) in [6, 6.07) is 17.7. The van der Waals surface area contributed by atoms with Gasteiger partial charge in [0.05, 0.1) is 0 Å². The number of nitrogens with zero attached hydrogens (tertiary/aromatic N) is 3. The summed E-state index contributed by atoms with van der Waals surface area (Å²) in [5, 5.41) is 12.9. The van der Waals surface area contributed by atoms with Crippen molar-refractivity contribution >= 4 is 29.3 Å². The number of nitrogens with one attached hydrogen (secondary N) is 1. The van der Waals surface area contributed by atoms with Crippen LogP contribution in [0.15, 0.2) is 59.8 Å². The molecule has 1 aliphatic rings. The number of aromatic nitrogens is 3. The molecular formula is C21H21ClN4OS. The van der Waals surface area contributed by atoms with Gasteiger partial charge in [0.15, 0.2) is 11.0 Å². The van der Waals surface area contributed by atoms with Gasteiger partial charge < -0.3 is 9.88 Å². The minimum absolute atomic E-state index is 0.0254. The first-order valence-corrected chi connectivity index (χ1v) is 10.6. The van der Waals surface area contributed by atoms with Crippen LogP contribution in [-0.4, -0.2) is 26.7 Å². The quantitative estimate of drug-likeness (QED) is 0.570. The standard InChI is InChI=1S/C21H21ClN4OS/c1-2-26-19(15-8-10-16(22)11-9-15)24-25-21(26)28-18(14-6-4-3-5-7-14)20(27)23-17-12-13-17/h3-11,17-18H,2,12-13H2,1H3,(H,23,27)/t18-/m0/s1. The van der Waals surface area contributed by atoms with Crippen molar-refractivity contribution in [3.8, 4) is 11.4 Å². The first-order valence-electron chi connectivity index (χ1n) is 9.37. The summed E-state index contributed by atoms with van der Waals surface area (Å²) in [6.07, 6.45) is 2.12. The van der Waals surface area contributed by atoms with Crippen LogP contribution in [0.4, 0.5) is 0 Å². The predicted molar refractivity (Wildman–Crippen MR) is 112 cm³/mol. The number of carbonyl (C=O) groups excluding carboxylic acids is 1. The lowest BCUT2D eigenvalue weighted by Gasteiger charge is -2.17. The molecule has 5 nitrogen and oxygen atoms in total. The molecule has 2 aromatic carbocycles. The Morgan fingerprint density at radius 2 is 1.89 bits per heavy atom. The summed E-state index contributed by atoms with van der Waals surface area (Å²) in [5.41, 5.74) is 1.91. The number of rotatable bonds is 7. The van der Waals surface area contributed by atoms with Gasteiger partial charge in [-0.25, -0.2) is 0 Å². The van der Waals surface area contributed by atoms with Crippen molar-refractivity contribution in [1.82, 2.24) is 20.1 Å². The number of thioether (sulfide) groups is 1. The van der Waals surface area contributed by atoms with Crippen LogP contribution in [0.2, 0.25) is 5.02 Å². The molecule has 4 rings (SSSR count). The summed E-state index contributed by atoms with van der Waals surface area (Å²) in [4.78, 5) is 12.9. The molecule has 0 aliphatic heterocycles. The maximum atomic E-state index is 12.9. The van der Waals surface area contributed by atoms with Gasteiger partial charge in [-0.2, -0.15) is 0 Å². The van der Waals surface area contributed by atoms with E-state index >= 15 is 0 Å². The van der Waals surface area contributed by atoms with Gasteiger partial charge in [0.1, 0.15) is 5.25 Å². The molecule has 1 saturated carbocycles. The summed E-state index contributed by atoms with van der Waals surface area (Å²) >= 11 is 7.45. The number of carbonyl (C=O) groups is 1. The van der Waals surface area contributed by atoms with Gasteiger partial charge in [-0.15, -0.1) is 10.2 Å². The summed E-state index contributed by atoms with van der Waals surface area (Å²) in [7, 11) is 0. The zero-order chi connectivity index (χ0) is 19.5. The van der Waals surface area contributed by atoms with Crippen molar-refractivity contribution in [2.75, 3.05) is 0 Å². The van der Waals surface area contributed by atoms with Crippen molar-refractivity contribution in [3.05, 3.63) is 65.2 Å². The maximum absolute atomic E-state index is 12.9. The van der Waals surface area contributed by atoms with Crippen LogP contribution in [0.1, 0.15) is 30.6 Å². The third-order valence-electron chi connectivity index (χ3n) is 4.62. The molecule has 3 aromatic rings. The van der Waals surface area contributed by atoms with Crippen LogP contribution in [0.5, 0.6) is 0 Å². The van der Waals surface area contributed by atoms with Crippen LogP contribution in [0.3, 0.4) is 0 Å². The van der Waals surface area contributed by atoms with Gasteiger partial charge in [0, 0.05) is 23.2 Å². The molecule has 1 amide bonds. The van der Waals surface area contributed by atoms with Crippen molar-refractivity contribution < 1.29 is 4.79 Å². The maximum Gasteiger partial charge on any atom is 0.238 e. The Balaban J connectivity index is 1.64. The van der Waals surface area contributed by atoms with Crippen molar-refractivity contribution in [1.29, 1.82) is 0 Å². The minimum Gasteiger partial charge on any atom is -0.352 e. The Morgan fingerprint density at radius 1 is 1.18 bits per heavy atom. The van der Waals surface area contributed by atoms with E-state index in [9.17, 15) is 4.79 Å². The molecule has 144 valence electrons. The van der Waals surface area contributed by atoms with Gasteiger partial charge in [0.2, 0.25) is 5.91 Å². The van der Waals surface area contributed by atoms with E-state index in [0.29, 0.717) is 17.6 Å². The number of benzene rings is 2. The molecule has 0 bridgehead atoms. The van der Waals surface area contributed by atoms with Crippen LogP contribution in [0, 0.1) is 0 Å². The molecule has 0 spiro atoms. The lowest BCUT2D eigenvalue weighted by atomic mass is 10.1. The molecule has 0 radical (unpaired) electrons. The largest absolute Gasteiger partial charge is 0.352 e. The fourth-order valence-corrected chi connectivity index (χ4v) is 4.22. The lowest BCUT2D eigenvalue weighted by Crippen LogP contribution is -2.30. The highest BCUT2D eigenvalue weighted by Crippen LogP contribution is 2.37. The number of hydrogen-bond donors (Lipinski definition) is 1. The highest BCUT2D eigenvalue weighted by atomic mass is 35.5. The molecule has 1 heterocycles. The molecule has 7 heteroatoms. The number of hydrogen-bond acceptors (Lipinski definition) is 4. The highest BCUT2D eigenvalue weighted by molar-refractivity contribution is 8.00. The molecule has 1 N–H and O–H groups in total. The molecular weight excluding hydrogens is 392 g/mol. The normalized spacial score (nSPS) is 14.6. The molecule has 1 aromatic heterocycles. The molecule has 1 aliphatic carbocycles. The third kappa shape index (κ3) is 4.23. The van der Waals surface area contributed by atoms with E-state index in [-0.39, 0.29) is 11.2 Å². The predicted octanol–water partition coefficient (Wildman–Crippen LogP) is 4.73. The molecule has 28 heavy (non-hydrogen) atoms. The zero-order valence-electron chi connectivity index (χ0n) is 15.5. The van der Waals surface area contributed by atoms with E-state index in [2.05, 4.69) is 22.4 Å². The lowest BCUT2D eigenvalue weighted by molar-refractivity contribution is -0.120. The SMILES string of the molecule is CCn1c(S[C@H](C(=O)NC2CC2)c2ccccc2)nnc1-c1ccc(Cl)cc1. The Kier molecular flexibility index (Phi) is 5.69. The summed E-state index contributed by atoms with van der Waals surface area (Å²) in [6.45, 7) is 2.76. The topological polar surface area (TPSA) is 59.8 Å². The third-order valence-corrected chi connectivity index (χ3v) is 6.11. The molecule has 1 atom stereocenters. The molecule has 0 unspecified atom stereocenters. The van der Waals surface area contributed by atoms with E-state index < -0.39 is 0 Å². The van der Waals surface area contributed by atoms with Gasteiger partial charge in [-0.3, -0.25) is 4.79 Å². The van der Waals surface area contributed by atoms with E-state index in [1.165, 1.54) is 11.8 Å². The summed E-state index contributed by atoms with van der Waals surface area (Å²) < 4.78 is 2.04. The Bertz CT molecular complexity index is 954. The Labute approximate surface area is 173 Å². The number of halogens is 1. The van der Waals surface area contributed by atoms with E-state index in [0.717, 1.165) is 34.9 Å². The molecule has 1 fully saturated rings. The van der Waals surface area contributed by atoms with Crippen molar-refractivity contribution in [3.63, 3.8) is 0 Å². The van der Waals surface area contributed by atoms with Crippen LogP contribution in [-0.2, 0) is 11.3 Å². The average Bonchev–Trinajstić information content (AvgIpc) is 3.44. The Morgan fingerprint density at radius 3 is 2.54 bits per heavy atom. The molecule has 0 saturated heterocycles. The monoisotopic (exact) mass is 412 g/mol. The second kappa shape index (κ2) is 8.37. The first kappa shape index (κ1) is 19.0. The van der Waals surface area contributed by atoms with Gasteiger partial charge >= 0.3 is 0 Å². The first-order chi connectivity index (χ1) is 13.7. The highest BCUT2D eigenvalue weighted by Gasteiger charge is 2.30. The van der Waals surface area contributed by atoms with E-state index in [1.54, 1.807) is 0 Å². The summed E-state index contributed by atoms with van der Waals surface area (Å²) in [5.74, 6) is 0.800. The van der Waals surface area contributed by atoms with Crippen LogP contribution in [0.25, 0.3) is 11.4 Å².